The van der Waals surface area contributed by atoms with Crippen LogP contribution in [0.3, 0.4) is 0 Å². The van der Waals surface area contributed by atoms with Gasteiger partial charge in [-0.3, -0.25) is 0 Å². The number of hydrogen-bond acceptors (Lipinski definition) is 3. The first-order valence-corrected chi connectivity index (χ1v) is 3.53. The molecular weight excluding hydrogens is 144 g/mol. The molecule has 0 N–H and O–H groups in total. The van der Waals surface area contributed by atoms with Gasteiger partial charge in [0, 0.05) is 12.0 Å². The second-order valence-corrected chi connectivity index (χ2v) is 2.45. The van der Waals surface area contributed by atoms with Crippen molar-refractivity contribution < 1.29 is 14.3 Å². The molecule has 11 heavy (non-hydrogen) atoms. The fourth-order valence-corrected chi connectivity index (χ4v) is 0.844. The van der Waals surface area contributed by atoms with Crippen LogP contribution in [-0.4, -0.2) is 18.9 Å². The summed E-state index contributed by atoms with van der Waals surface area (Å²) in [5.41, 5.74) is 0.167. The Morgan fingerprint density at radius 2 is 2.36 bits per heavy atom. The van der Waals surface area contributed by atoms with Crippen LogP contribution in [0.4, 0.5) is 0 Å². The summed E-state index contributed by atoms with van der Waals surface area (Å²) in [4.78, 5) is 10.8. The van der Waals surface area contributed by atoms with Crippen molar-refractivity contribution >= 4 is 5.97 Å². The van der Waals surface area contributed by atoms with E-state index < -0.39 is 5.97 Å². The minimum absolute atomic E-state index is 0.167. The molecule has 1 unspecified atom stereocenters. The smallest absolute Gasteiger partial charge is 0.335 e. The Kier molecular flexibility index (Phi) is 2.65. The van der Waals surface area contributed by atoms with Crippen molar-refractivity contribution in [3.05, 3.63) is 19.1 Å². The number of hydrogen-bond donors (Lipinski definition) is 0. The van der Waals surface area contributed by atoms with E-state index in [0.717, 1.165) is 12.8 Å². The SMILES string of the molecule is [CH2]C(=C)C(=O)OC1CCCO1. The molecule has 0 amide bonds. The van der Waals surface area contributed by atoms with E-state index in [9.17, 15) is 4.79 Å². The average Bonchev–Trinajstić information content (AvgIpc) is 2.39. The molecule has 1 heterocycles. The van der Waals surface area contributed by atoms with Crippen molar-refractivity contribution in [2.24, 2.45) is 0 Å². The third-order valence-corrected chi connectivity index (χ3v) is 1.42. The van der Waals surface area contributed by atoms with Crippen LogP contribution in [-0.2, 0) is 14.3 Å². The van der Waals surface area contributed by atoms with Crippen molar-refractivity contribution in [3.8, 4) is 0 Å². The summed E-state index contributed by atoms with van der Waals surface area (Å²) < 4.78 is 9.91. The average molecular weight is 155 g/mol. The first-order valence-electron chi connectivity index (χ1n) is 3.53. The molecule has 0 aromatic rings. The largest absolute Gasteiger partial charge is 0.432 e. The van der Waals surface area contributed by atoms with E-state index in [-0.39, 0.29) is 11.9 Å². The standard InChI is InChI=1S/C8H11O3/c1-6(2)8(9)11-7-4-3-5-10-7/h7H,1-5H2. The maximum Gasteiger partial charge on any atom is 0.335 e. The van der Waals surface area contributed by atoms with Gasteiger partial charge in [0.15, 0.2) is 0 Å². The van der Waals surface area contributed by atoms with Gasteiger partial charge < -0.3 is 9.47 Å². The van der Waals surface area contributed by atoms with Crippen molar-refractivity contribution in [2.45, 2.75) is 19.1 Å². The Labute approximate surface area is 66.0 Å². The van der Waals surface area contributed by atoms with Gasteiger partial charge in [0.1, 0.15) is 0 Å². The zero-order valence-corrected chi connectivity index (χ0v) is 6.34. The van der Waals surface area contributed by atoms with E-state index in [1.54, 1.807) is 0 Å². The Balaban J connectivity index is 2.29. The van der Waals surface area contributed by atoms with E-state index in [0.29, 0.717) is 6.61 Å². The number of carbonyl (C=O) groups excluding carboxylic acids is 1. The van der Waals surface area contributed by atoms with Crippen molar-refractivity contribution in [1.82, 2.24) is 0 Å². The number of ether oxygens (including phenoxy) is 2. The number of esters is 1. The van der Waals surface area contributed by atoms with E-state index in [1.165, 1.54) is 0 Å². The van der Waals surface area contributed by atoms with E-state index in [2.05, 4.69) is 13.5 Å². The lowest BCUT2D eigenvalue weighted by molar-refractivity contribution is -0.164. The summed E-state index contributed by atoms with van der Waals surface area (Å²) in [7, 11) is 0. The molecule has 1 atom stereocenters. The summed E-state index contributed by atoms with van der Waals surface area (Å²) in [5.74, 6) is -0.475. The molecule has 3 nitrogen and oxygen atoms in total. The minimum Gasteiger partial charge on any atom is -0.432 e. The van der Waals surface area contributed by atoms with Gasteiger partial charge in [-0.25, -0.2) is 4.79 Å². The van der Waals surface area contributed by atoms with Crippen LogP contribution in [0.25, 0.3) is 0 Å². The van der Waals surface area contributed by atoms with Gasteiger partial charge in [0.05, 0.1) is 6.61 Å². The van der Waals surface area contributed by atoms with Crippen LogP contribution in [0.5, 0.6) is 0 Å². The molecule has 1 fully saturated rings. The third kappa shape index (κ3) is 2.35. The molecule has 1 aliphatic heterocycles. The maximum absolute atomic E-state index is 10.8. The molecule has 0 saturated carbocycles. The van der Waals surface area contributed by atoms with Crippen LogP contribution in [0.1, 0.15) is 12.8 Å². The molecule has 1 saturated heterocycles. The normalized spacial score (nSPS) is 23.2. The summed E-state index contributed by atoms with van der Waals surface area (Å²) in [6.45, 7) is 7.38. The molecule has 1 radical (unpaired) electrons. The van der Waals surface area contributed by atoms with Crippen LogP contribution >= 0.6 is 0 Å². The third-order valence-electron chi connectivity index (χ3n) is 1.42. The Bertz CT molecular complexity index is 168. The lowest BCUT2D eigenvalue weighted by Gasteiger charge is -2.09. The van der Waals surface area contributed by atoms with E-state index in [1.807, 2.05) is 0 Å². The van der Waals surface area contributed by atoms with Gasteiger partial charge in [-0.15, -0.1) is 0 Å². The molecule has 0 spiro atoms. The van der Waals surface area contributed by atoms with Crippen LogP contribution < -0.4 is 0 Å². The highest BCUT2D eigenvalue weighted by molar-refractivity contribution is 5.88. The molecule has 3 heteroatoms. The fourth-order valence-electron chi connectivity index (χ4n) is 0.844. The minimum atomic E-state index is -0.475. The summed E-state index contributed by atoms with van der Waals surface area (Å²) in [5, 5.41) is 0. The molecular formula is C8H11O3. The van der Waals surface area contributed by atoms with E-state index in [4.69, 9.17) is 9.47 Å². The first kappa shape index (κ1) is 8.27. The fraction of sp³-hybridized carbons (Fsp3) is 0.500. The predicted molar refractivity (Wildman–Crippen MR) is 39.6 cm³/mol. The zero-order valence-electron chi connectivity index (χ0n) is 6.34. The first-order chi connectivity index (χ1) is 5.20. The Morgan fingerprint density at radius 1 is 1.64 bits per heavy atom. The highest BCUT2D eigenvalue weighted by Crippen LogP contribution is 2.13. The molecule has 1 rings (SSSR count). The molecule has 61 valence electrons. The van der Waals surface area contributed by atoms with E-state index >= 15 is 0 Å². The van der Waals surface area contributed by atoms with Gasteiger partial charge in [-0.05, 0) is 13.3 Å². The second kappa shape index (κ2) is 3.53. The summed E-state index contributed by atoms with van der Waals surface area (Å²) >= 11 is 0. The molecule has 0 aromatic heterocycles. The van der Waals surface area contributed by atoms with Gasteiger partial charge >= 0.3 is 5.97 Å². The quantitative estimate of drug-likeness (QED) is 0.441. The summed E-state index contributed by atoms with van der Waals surface area (Å²) in [6.07, 6.45) is 1.35. The van der Waals surface area contributed by atoms with Gasteiger partial charge in [-0.2, -0.15) is 0 Å². The van der Waals surface area contributed by atoms with Crippen molar-refractivity contribution in [1.29, 1.82) is 0 Å². The van der Waals surface area contributed by atoms with Gasteiger partial charge in [-0.1, -0.05) is 6.58 Å². The Morgan fingerprint density at radius 3 is 2.82 bits per heavy atom. The van der Waals surface area contributed by atoms with Crippen molar-refractivity contribution in [3.63, 3.8) is 0 Å². The topological polar surface area (TPSA) is 35.5 Å². The van der Waals surface area contributed by atoms with Crippen LogP contribution in [0.15, 0.2) is 12.2 Å². The Hall–Kier alpha value is -0.830. The highest BCUT2D eigenvalue weighted by Gasteiger charge is 2.19. The maximum atomic E-state index is 10.8. The number of rotatable bonds is 2. The lowest BCUT2D eigenvalue weighted by atomic mass is 10.3. The monoisotopic (exact) mass is 155 g/mol. The zero-order chi connectivity index (χ0) is 8.27. The lowest BCUT2D eigenvalue weighted by Crippen LogP contribution is -2.16. The van der Waals surface area contributed by atoms with Gasteiger partial charge in [0.2, 0.25) is 6.29 Å². The number of carbonyl (C=O) groups is 1. The van der Waals surface area contributed by atoms with Crippen molar-refractivity contribution in [2.75, 3.05) is 6.61 Å². The van der Waals surface area contributed by atoms with Crippen LogP contribution in [0.2, 0.25) is 0 Å². The molecule has 0 aromatic carbocycles. The molecule has 1 aliphatic rings. The predicted octanol–water partition coefficient (Wildman–Crippen LogP) is 1.06. The molecule has 0 aliphatic carbocycles. The van der Waals surface area contributed by atoms with Gasteiger partial charge in [0.25, 0.3) is 0 Å². The van der Waals surface area contributed by atoms with Crippen LogP contribution in [0, 0.1) is 6.92 Å². The molecule has 0 bridgehead atoms. The summed E-state index contributed by atoms with van der Waals surface area (Å²) in [6, 6.07) is 0. The highest BCUT2D eigenvalue weighted by atomic mass is 16.7. The second-order valence-electron chi connectivity index (χ2n) is 2.45.